The third-order valence-electron chi connectivity index (χ3n) is 3.72. The highest BCUT2D eigenvalue weighted by molar-refractivity contribution is 6.30. The molecule has 4 aromatic rings. The van der Waals surface area contributed by atoms with Gasteiger partial charge in [-0.05, 0) is 41.8 Å². The monoisotopic (exact) mass is 303 g/mol. The molecule has 0 aliphatic heterocycles. The predicted molar refractivity (Wildman–Crippen MR) is 87.9 cm³/mol. The van der Waals surface area contributed by atoms with Gasteiger partial charge < -0.3 is 0 Å². The molecule has 4 rings (SSSR count). The molecular weight excluding hydrogens is 294 g/mol. The van der Waals surface area contributed by atoms with Crippen LogP contribution >= 0.6 is 11.6 Å². The number of nitriles is 1. The van der Waals surface area contributed by atoms with E-state index in [4.69, 9.17) is 11.6 Å². The summed E-state index contributed by atoms with van der Waals surface area (Å²) in [6.45, 7) is 0. The summed E-state index contributed by atoms with van der Waals surface area (Å²) in [5.74, 6) is 0.750. The van der Waals surface area contributed by atoms with Crippen LogP contribution in [0.2, 0.25) is 5.02 Å². The highest BCUT2D eigenvalue weighted by Crippen LogP contribution is 2.28. The van der Waals surface area contributed by atoms with Gasteiger partial charge in [-0.15, -0.1) is 0 Å². The molecule has 4 heteroatoms. The van der Waals surface area contributed by atoms with Crippen LogP contribution < -0.4 is 0 Å². The average molecular weight is 304 g/mol. The molecule has 0 amide bonds. The first kappa shape index (κ1) is 12.9. The summed E-state index contributed by atoms with van der Waals surface area (Å²) in [4.78, 5) is 4.52. The lowest BCUT2D eigenvalue weighted by molar-refractivity contribution is 1.21. The van der Waals surface area contributed by atoms with Gasteiger partial charge in [0.05, 0.1) is 11.0 Å². The Morgan fingerprint density at radius 3 is 2.45 bits per heavy atom. The van der Waals surface area contributed by atoms with Crippen molar-refractivity contribution in [3.63, 3.8) is 0 Å². The van der Waals surface area contributed by atoms with Gasteiger partial charge in [-0.2, -0.15) is 5.26 Å². The number of halogens is 1. The van der Waals surface area contributed by atoms with E-state index in [9.17, 15) is 5.26 Å². The number of benzene rings is 2. The number of hydrogen-bond donors (Lipinski definition) is 0. The van der Waals surface area contributed by atoms with E-state index < -0.39 is 0 Å². The van der Waals surface area contributed by atoms with Crippen LogP contribution in [0.1, 0.15) is 5.69 Å². The minimum absolute atomic E-state index is 0.427. The largest absolute Gasteiger partial charge is 0.291 e. The van der Waals surface area contributed by atoms with Gasteiger partial charge in [-0.1, -0.05) is 35.9 Å². The highest BCUT2D eigenvalue weighted by atomic mass is 35.5. The van der Waals surface area contributed by atoms with Crippen molar-refractivity contribution in [2.75, 3.05) is 0 Å². The molecule has 0 fully saturated rings. The Balaban J connectivity index is 2.16. The number of rotatable bonds is 1. The highest BCUT2D eigenvalue weighted by Gasteiger charge is 2.14. The van der Waals surface area contributed by atoms with Crippen LogP contribution in [-0.2, 0) is 0 Å². The van der Waals surface area contributed by atoms with Gasteiger partial charge in [-0.3, -0.25) is 4.40 Å². The smallest absolute Gasteiger partial charge is 0.166 e. The van der Waals surface area contributed by atoms with Crippen molar-refractivity contribution < 1.29 is 0 Å². The molecule has 2 aromatic heterocycles. The summed E-state index contributed by atoms with van der Waals surface area (Å²) in [6, 6.07) is 21.7. The predicted octanol–water partition coefficient (Wildman–Crippen LogP) is 4.68. The molecule has 0 aliphatic carbocycles. The molecule has 22 heavy (non-hydrogen) atoms. The maximum Gasteiger partial charge on any atom is 0.166 e. The lowest BCUT2D eigenvalue weighted by Crippen LogP contribution is -1.91. The molecular formula is C18H10ClN3. The standard InChI is InChI=1S/C18H10ClN3/c19-14-8-5-13(6-9-14)18-21-15(11-20)17-10-7-12-3-1-2-4-16(12)22(17)18/h1-10H. The van der Waals surface area contributed by atoms with Crippen LogP contribution in [-0.4, -0.2) is 9.38 Å². The van der Waals surface area contributed by atoms with Crippen LogP contribution in [0, 0.1) is 11.3 Å². The maximum absolute atomic E-state index is 9.37. The second-order valence-corrected chi connectivity index (χ2v) is 5.45. The quantitative estimate of drug-likeness (QED) is 0.512. The fraction of sp³-hybridized carbons (Fsp3) is 0. The first-order chi connectivity index (χ1) is 10.8. The second-order valence-electron chi connectivity index (χ2n) is 5.02. The van der Waals surface area contributed by atoms with Crippen molar-refractivity contribution in [2.24, 2.45) is 0 Å². The van der Waals surface area contributed by atoms with Gasteiger partial charge in [-0.25, -0.2) is 4.98 Å². The van der Waals surface area contributed by atoms with E-state index in [2.05, 4.69) is 11.1 Å². The first-order valence-electron chi connectivity index (χ1n) is 6.84. The molecule has 0 radical (unpaired) electrons. The number of aromatic nitrogens is 2. The normalized spacial score (nSPS) is 10.9. The van der Waals surface area contributed by atoms with Crippen LogP contribution in [0.5, 0.6) is 0 Å². The Kier molecular flexibility index (Phi) is 2.85. The summed E-state index contributed by atoms with van der Waals surface area (Å²) in [7, 11) is 0. The van der Waals surface area contributed by atoms with E-state index in [0.717, 1.165) is 27.8 Å². The van der Waals surface area contributed by atoms with E-state index in [-0.39, 0.29) is 0 Å². The minimum atomic E-state index is 0.427. The molecule has 2 aromatic carbocycles. The lowest BCUT2D eigenvalue weighted by Gasteiger charge is -2.06. The Hall–Kier alpha value is -2.83. The number of nitrogens with zero attached hydrogens (tertiary/aromatic N) is 3. The molecule has 2 heterocycles. The van der Waals surface area contributed by atoms with Crippen molar-refractivity contribution in [2.45, 2.75) is 0 Å². The number of fused-ring (bicyclic) bond motifs is 3. The molecule has 0 unspecified atom stereocenters. The summed E-state index contributed by atoms with van der Waals surface area (Å²) < 4.78 is 2.02. The topological polar surface area (TPSA) is 41.1 Å². The second kappa shape index (κ2) is 4.87. The maximum atomic E-state index is 9.37. The molecule has 3 nitrogen and oxygen atoms in total. The number of hydrogen-bond acceptors (Lipinski definition) is 2. The van der Waals surface area contributed by atoms with Crippen molar-refractivity contribution >= 4 is 28.0 Å². The number of para-hydroxylation sites is 1. The van der Waals surface area contributed by atoms with Gasteiger partial charge in [0.15, 0.2) is 5.69 Å². The Morgan fingerprint density at radius 2 is 1.68 bits per heavy atom. The number of imidazole rings is 1. The minimum Gasteiger partial charge on any atom is -0.291 e. The first-order valence-corrected chi connectivity index (χ1v) is 7.22. The molecule has 0 atom stereocenters. The van der Waals surface area contributed by atoms with Crippen LogP contribution in [0.4, 0.5) is 0 Å². The van der Waals surface area contributed by atoms with Crippen molar-refractivity contribution in [3.05, 3.63) is 71.4 Å². The third-order valence-corrected chi connectivity index (χ3v) is 3.97. The summed E-state index contributed by atoms with van der Waals surface area (Å²) in [5, 5.41) is 11.1. The van der Waals surface area contributed by atoms with Gasteiger partial charge in [0.2, 0.25) is 0 Å². The molecule has 104 valence electrons. The van der Waals surface area contributed by atoms with Gasteiger partial charge in [0.1, 0.15) is 11.9 Å². The van der Waals surface area contributed by atoms with Crippen molar-refractivity contribution in [3.8, 4) is 17.5 Å². The zero-order valence-corrected chi connectivity index (χ0v) is 12.2. The van der Waals surface area contributed by atoms with Crippen LogP contribution in [0.15, 0.2) is 60.7 Å². The average Bonchev–Trinajstić information content (AvgIpc) is 2.95. The van der Waals surface area contributed by atoms with Gasteiger partial charge >= 0.3 is 0 Å². The Bertz CT molecular complexity index is 1040. The Labute approximate surface area is 132 Å². The van der Waals surface area contributed by atoms with Crippen molar-refractivity contribution in [1.82, 2.24) is 9.38 Å². The van der Waals surface area contributed by atoms with Gasteiger partial charge in [0.25, 0.3) is 0 Å². The van der Waals surface area contributed by atoms with E-state index in [1.807, 2.05) is 65.1 Å². The van der Waals surface area contributed by atoms with E-state index in [1.165, 1.54) is 0 Å². The number of pyridine rings is 1. The lowest BCUT2D eigenvalue weighted by atomic mass is 10.2. The fourth-order valence-electron chi connectivity index (χ4n) is 2.71. The van der Waals surface area contributed by atoms with E-state index >= 15 is 0 Å². The summed E-state index contributed by atoms with van der Waals surface area (Å²) in [6.07, 6.45) is 0. The van der Waals surface area contributed by atoms with E-state index in [1.54, 1.807) is 0 Å². The van der Waals surface area contributed by atoms with Crippen molar-refractivity contribution in [1.29, 1.82) is 5.26 Å². The molecule has 0 spiro atoms. The molecule has 0 saturated carbocycles. The summed E-state index contributed by atoms with van der Waals surface area (Å²) in [5.41, 5.74) is 3.19. The Morgan fingerprint density at radius 1 is 0.909 bits per heavy atom. The van der Waals surface area contributed by atoms with E-state index in [0.29, 0.717) is 10.7 Å². The molecule has 0 aliphatic rings. The molecule has 0 N–H and O–H groups in total. The van der Waals surface area contributed by atoms with Crippen LogP contribution in [0.3, 0.4) is 0 Å². The van der Waals surface area contributed by atoms with Gasteiger partial charge in [0, 0.05) is 10.6 Å². The summed E-state index contributed by atoms with van der Waals surface area (Å²) >= 11 is 5.97. The SMILES string of the molecule is N#Cc1nc(-c2ccc(Cl)cc2)n2c1ccc1ccccc12. The fourth-order valence-corrected chi connectivity index (χ4v) is 2.83. The molecule has 0 bridgehead atoms. The third kappa shape index (κ3) is 1.86. The zero-order chi connectivity index (χ0) is 15.1. The zero-order valence-electron chi connectivity index (χ0n) is 11.5. The molecule has 0 saturated heterocycles. The van der Waals surface area contributed by atoms with Crippen LogP contribution in [0.25, 0.3) is 27.8 Å².